The monoisotopic (exact) mass is 254 g/mol. The zero-order chi connectivity index (χ0) is 13.5. The fourth-order valence-corrected chi connectivity index (χ4v) is 2.15. The highest BCUT2D eigenvalue weighted by atomic mass is 15.1. The average molecular weight is 254 g/mol. The lowest BCUT2D eigenvalue weighted by Gasteiger charge is -2.24. The van der Waals surface area contributed by atoms with Crippen LogP contribution in [-0.2, 0) is 6.54 Å². The van der Waals surface area contributed by atoms with Crippen LogP contribution in [0.5, 0.6) is 0 Å². The largest absolute Gasteiger partial charge is 0.373 e. The maximum atomic E-state index is 3.56. The summed E-state index contributed by atoms with van der Waals surface area (Å²) in [7, 11) is 2.13. The molecule has 0 heterocycles. The van der Waals surface area contributed by atoms with Crippen molar-refractivity contribution >= 4 is 5.69 Å². The highest BCUT2D eigenvalue weighted by molar-refractivity contribution is 5.45. The van der Waals surface area contributed by atoms with Gasteiger partial charge < -0.3 is 10.2 Å². The number of hydrogen-bond acceptors (Lipinski definition) is 2. The Kier molecular flexibility index (Phi) is 4.99. The molecule has 1 atom stereocenters. The third kappa shape index (κ3) is 4.42. The van der Waals surface area contributed by atoms with Gasteiger partial charge >= 0.3 is 0 Å². The van der Waals surface area contributed by atoms with Crippen LogP contribution in [0.25, 0.3) is 0 Å². The number of nitrogens with one attached hydrogen (secondary N) is 1. The van der Waals surface area contributed by atoms with E-state index in [2.05, 4.69) is 84.9 Å². The van der Waals surface area contributed by atoms with Crippen molar-refractivity contribution in [2.45, 2.75) is 19.5 Å². The molecule has 100 valence electrons. The molecular weight excluding hydrogens is 232 g/mol. The van der Waals surface area contributed by atoms with Crippen LogP contribution in [0.3, 0.4) is 0 Å². The van der Waals surface area contributed by atoms with Gasteiger partial charge in [-0.1, -0.05) is 48.5 Å². The van der Waals surface area contributed by atoms with Gasteiger partial charge in [-0.05, 0) is 24.6 Å². The van der Waals surface area contributed by atoms with Gasteiger partial charge in [0.05, 0.1) is 0 Å². The summed E-state index contributed by atoms with van der Waals surface area (Å²) >= 11 is 0. The first-order valence-corrected chi connectivity index (χ1v) is 6.79. The zero-order valence-electron chi connectivity index (χ0n) is 11.7. The minimum absolute atomic E-state index is 0.449. The second-order valence-corrected chi connectivity index (χ2v) is 4.98. The molecule has 0 spiro atoms. The lowest BCUT2D eigenvalue weighted by molar-refractivity contribution is 0.546. The summed E-state index contributed by atoms with van der Waals surface area (Å²) in [6.45, 7) is 4.14. The zero-order valence-corrected chi connectivity index (χ0v) is 11.7. The summed E-state index contributed by atoms with van der Waals surface area (Å²) in [5.41, 5.74) is 2.59. The first kappa shape index (κ1) is 13.6. The van der Waals surface area contributed by atoms with Crippen LogP contribution in [0.1, 0.15) is 12.5 Å². The van der Waals surface area contributed by atoms with E-state index in [4.69, 9.17) is 0 Å². The van der Waals surface area contributed by atoms with E-state index in [1.165, 1.54) is 11.3 Å². The summed E-state index contributed by atoms with van der Waals surface area (Å²) in [6, 6.07) is 21.5. The van der Waals surface area contributed by atoms with Crippen LogP contribution >= 0.6 is 0 Å². The fourth-order valence-electron chi connectivity index (χ4n) is 2.15. The molecule has 2 aromatic carbocycles. The average Bonchev–Trinajstić information content (AvgIpc) is 2.47. The minimum Gasteiger partial charge on any atom is -0.373 e. The molecule has 1 N–H and O–H groups in total. The summed E-state index contributed by atoms with van der Waals surface area (Å²) in [5.74, 6) is 0. The number of nitrogens with zero attached hydrogens (tertiary/aromatic N) is 1. The van der Waals surface area contributed by atoms with Crippen LogP contribution in [0.15, 0.2) is 60.7 Å². The highest BCUT2D eigenvalue weighted by Crippen LogP contribution is 2.11. The Bertz CT molecular complexity index is 467. The molecule has 2 heteroatoms. The van der Waals surface area contributed by atoms with Crippen LogP contribution in [0.4, 0.5) is 5.69 Å². The van der Waals surface area contributed by atoms with Crippen LogP contribution < -0.4 is 10.2 Å². The summed E-state index contributed by atoms with van der Waals surface area (Å²) < 4.78 is 0. The molecule has 2 nitrogen and oxygen atoms in total. The normalized spacial score (nSPS) is 12.1. The topological polar surface area (TPSA) is 15.3 Å². The Morgan fingerprint density at radius 1 is 0.947 bits per heavy atom. The molecule has 19 heavy (non-hydrogen) atoms. The lowest BCUT2D eigenvalue weighted by Crippen LogP contribution is -2.37. The number of likely N-dealkylation sites (N-methyl/N-ethyl adjacent to an activating group) is 1. The van der Waals surface area contributed by atoms with Gasteiger partial charge in [-0.25, -0.2) is 0 Å². The van der Waals surface area contributed by atoms with Gasteiger partial charge in [-0.3, -0.25) is 0 Å². The van der Waals surface area contributed by atoms with Crippen molar-refractivity contribution in [2.75, 3.05) is 18.5 Å². The van der Waals surface area contributed by atoms with Gasteiger partial charge in [0.25, 0.3) is 0 Å². The summed E-state index contributed by atoms with van der Waals surface area (Å²) in [6.07, 6.45) is 0. The van der Waals surface area contributed by atoms with Gasteiger partial charge in [0.1, 0.15) is 0 Å². The Morgan fingerprint density at radius 3 is 2.16 bits per heavy atom. The van der Waals surface area contributed by atoms with Crippen LogP contribution in [-0.4, -0.2) is 19.6 Å². The lowest BCUT2D eigenvalue weighted by atomic mass is 10.2. The minimum atomic E-state index is 0.449. The molecule has 2 rings (SSSR count). The SMILES string of the molecule is CC(CN(C)c1ccccc1)NCc1ccccc1. The van der Waals surface area contributed by atoms with Gasteiger partial charge in [-0.15, -0.1) is 0 Å². The van der Waals surface area contributed by atoms with Crippen molar-refractivity contribution in [1.29, 1.82) is 0 Å². The van der Waals surface area contributed by atoms with E-state index in [1.807, 2.05) is 0 Å². The fraction of sp³-hybridized carbons (Fsp3) is 0.294. The van der Waals surface area contributed by atoms with Gasteiger partial charge in [0, 0.05) is 31.9 Å². The maximum absolute atomic E-state index is 3.56. The number of benzene rings is 2. The number of para-hydroxylation sites is 1. The summed E-state index contributed by atoms with van der Waals surface area (Å²) in [4.78, 5) is 2.28. The van der Waals surface area contributed by atoms with Crippen molar-refractivity contribution in [3.8, 4) is 0 Å². The number of rotatable bonds is 6. The highest BCUT2D eigenvalue weighted by Gasteiger charge is 2.06. The Morgan fingerprint density at radius 2 is 1.53 bits per heavy atom. The van der Waals surface area contributed by atoms with Gasteiger partial charge in [0.2, 0.25) is 0 Å². The Balaban J connectivity index is 1.80. The standard InChI is InChI=1S/C17H22N2/c1-15(18-13-16-9-5-3-6-10-16)14-19(2)17-11-7-4-8-12-17/h3-12,15,18H,13-14H2,1-2H3. The molecule has 0 saturated heterocycles. The van der Waals surface area contributed by atoms with Crippen molar-refractivity contribution in [1.82, 2.24) is 5.32 Å². The van der Waals surface area contributed by atoms with E-state index >= 15 is 0 Å². The number of hydrogen-bond donors (Lipinski definition) is 1. The maximum Gasteiger partial charge on any atom is 0.0364 e. The molecule has 0 aromatic heterocycles. The van der Waals surface area contributed by atoms with Gasteiger partial charge in [0.15, 0.2) is 0 Å². The predicted octanol–water partition coefficient (Wildman–Crippen LogP) is 3.30. The Labute approximate surface area is 116 Å². The summed E-state index contributed by atoms with van der Waals surface area (Å²) in [5, 5.41) is 3.56. The van der Waals surface area contributed by atoms with E-state index in [0.717, 1.165) is 13.1 Å². The quantitative estimate of drug-likeness (QED) is 0.851. The molecule has 0 radical (unpaired) electrons. The molecule has 2 aromatic rings. The molecule has 0 fully saturated rings. The van der Waals surface area contributed by atoms with Crippen LogP contribution in [0.2, 0.25) is 0 Å². The molecule has 0 aliphatic rings. The van der Waals surface area contributed by atoms with E-state index in [-0.39, 0.29) is 0 Å². The van der Waals surface area contributed by atoms with E-state index in [9.17, 15) is 0 Å². The second-order valence-electron chi connectivity index (χ2n) is 4.98. The van der Waals surface area contributed by atoms with E-state index in [0.29, 0.717) is 6.04 Å². The molecule has 0 aliphatic heterocycles. The van der Waals surface area contributed by atoms with Crippen LogP contribution in [0, 0.1) is 0 Å². The Hall–Kier alpha value is -1.80. The predicted molar refractivity (Wildman–Crippen MR) is 82.5 cm³/mol. The van der Waals surface area contributed by atoms with Crippen molar-refractivity contribution in [3.63, 3.8) is 0 Å². The molecule has 0 saturated carbocycles. The first-order valence-electron chi connectivity index (χ1n) is 6.79. The van der Waals surface area contributed by atoms with Gasteiger partial charge in [-0.2, -0.15) is 0 Å². The third-order valence-electron chi connectivity index (χ3n) is 3.24. The second kappa shape index (κ2) is 6.95. The smallest absolute Gasteiger partial charge is 0.0364 e. The molecule has 0 amide bonds. The van der Waals surface area contributed by atoms with Crippen molar-refractivity contribution in [2.24, 2.45) is 0 Å². The van der Waals surface area contributed by atoms with Crippen molar-refractivity contribution in [3.05, 3.63) is 66.2 Å². The molecule has 1 unspecified atom stereocenters. The number of anilines is 1. The van der Waals surface area contributed by atoms with Crippen molar-refractivity contribution < 1.29 is 0 Å². The van der Waals surface area contributed by atoms with E-state index in [1.54, 1.807) is 0 Å². The van der Waals surface area contributed by atoms with E-state index < -0.39 is 0 Å². The molecule has 0 bridgehead atoms. The first-order chi connectivity index (χ1) is 9.25. The molecular formula is C17H22N2. The third-order valence-corrected chi connectivity index (χ3v) is 3.24. The molecule has 0 aliphatic carbocycles.